The van der Waals surface area contributed by atoms with Crippen LogP contribution in [0.15, 0.2) is 0 Å². The van der Waals surface area contributed by atoms with Crippen molar-refractivity contribution in [2.24, 2.45) is 16.7 Å². The number of hydrogen-bond donors (Lipinski definition) is 0. The van der Waals surface area contributed by atoms with E-state index in [-0.39, 0.29) is 22.8 Å². The van der Waals surface area contributed by atoms with Gasteiger partial charge in [0.2, 0.25) is 5.91 Å². The maximum atomic E-state index is 12.6. The van der Waals surface area contributed by atoms with Crippen LogP contribution < -0.4 is 0 Å². The average Bonchev–Trinajstić information content (AvgIpc) is 2.57. The van der Waals surface area contributed by atoms with Crippen molar-refractivity contribution in [3.8, 4) is 0 Å². The van der Waals surface area contributed by atoms with Gasteiger partial charge in [-0.1, -0.05) is 27.7 Å². The molecule has 0 spiro atoms. The van der Waals surface area contributed by atoms with Gasteiger partial charge in [0.15, 0.2) is 0 Å². The zero-order valence-corrected chi connectivity index (χ0v) is 12.8. The Hall–Kier alpha value is -0.240. The lowest BCUT2D eigenvalue weighted by Gasteiger charge is -2.27. The molecule has 0 N–H and O–H groups in total. The Balaban J connectivity index is 2.74. The Morgan fingerprint density at radius 3 is 2.00 bits per heavy atom. The molecular weight excluding hydrogens is 234 g/mol. The van der Waals surface area contributed by atoms with E-state index in [9.17, 15) is 4.79 Å². The molecule has 1 saturated carbocycles. The predicted molar refractivity (Wildman–Crippen MR) is 73.2 cm³/mol. The zero-order valence-electron chi connectivity index (χ0n) is 12.0. The minimum atomic E-state index is 0.123. The SMILES string of the molecule is CC(C)N(CCCCl)C(=O)C1C(C)(C)C1(C)C. The molecule has 3 heteroatoms. The van der Waals surface area contributed by atoms with Crippen LogP contribution in [0.25, 0.3) is 0 Å². The first kappa shape index (κ1) is 14.8. The molecule has 0 aromatic carbocycles. The van der Waals surface area contributed by atoms with Gasteiger partial charge >= 0.3 is 0 Å². The third kappa shape index (κ3) is 2.47. The first-order chi connectivity index (χ1) is 7.67. The summed E-state index contributed by atoms with van der Waals surface area (Å²) in [5.74, 6) is 1.08. The van der Waals surface area contributed by atoms with Gasteiger partial charge in [-0.05, 0) is 31.1 Å². The number of nitrogens with zero attached hydrogens (tertiary/aromatic N) is 1. The molecule has 0 unspecified atom stereocenters. The number of hydrogen-bond acceptors (Lipinski definition) is 1. The Morgan fingerprint density at radius 2 is 1.71 bits per heavy atom. The van der Waals surface area contributed by atoms with E-state index in [2.05, 4.69) is 41.5 Å². The minimum absolute atomic E-state index is 0.123. The molecule has 0 atom stereocenters. The number of carbonyl (C=O) groups is 1. The van der Waals surface area contributed by atoms with Crippen LogP contribution in [0, 0.1) is 16.7 Å². The Bertz CT molecular complexity index is 283. The van der Waals surface area contributed by atoms with Crippen LogP contribution in [0.5, 0.6) is 0 Å². The van der Waals surface area contributed by atoms with Gasteiger partial charge in [-0.2, -0.15) is 0 Å². The summed E-state index contributed by atoms with van der Waals surface area (Å²) in [6.07, 6.45) is 0.874. The lowest BCUT2D eigenvalue weighted by atomic mass is 10.0. The molecule has 2 nitrogen and oxygen atoms in total. The van der Waals surface area contributed by atoms with Gasteiger partial charge in [-0.3, -0.25) is 4.79 Å². The molecule has 0 saturated heterocycles. The summed E-state index contributed by atoms with van der Waals surface area (Å²) in [5.41, 5.74) is 0.246. The third-order valence-corrected chi connectivity index (χ3v) is 4.97. The quantitative estimate of drug-likeness (QED) is 0.692. The summed E-state index contributed by atoms with van der Waals surface area (Å²) in [6.45, 7) is 13.7. The summed E-state index contributed by atoms with van der Waals surface area (Å²) in [5, 5.41) is 0. The summed E-state index contributed by atoms with van der Waals surface area (Å²) in [6, 6.07) is 0.262. The van der Waals surface area contributed by atoms with Gasteiger partial charge in [0.05, 0.1) is 0 Å². The normalized spacial score (nSPS) is 21.6. The van der Waals surface area contributed by atoms with E-state index in [0.29, 0.717) is 11.8 Å². The molecule has 1 aliphatic carbocycles. The highest BCUT2D eigenvalue weighted by molar-refractivity contribution is 6.17. The van der Waals surface area contributed by atoms with Crippen LogP contribution in [0.4, 0.5) is 0 Å². The Kier molecular flexibility index (Phi) is 4.18. The van der Waals surface area contributed by atoms with E-state index in [1.165, 1.54) is 0 Å². The molecule has 17 heavy (non-hydrogen) atoms. The number of carbonyl (C=O) groups excluding carboxylic acids is 1. The van der Waals surface area contributed by atoms with Gasteiger partial charge < -0.3 is 4.90 Å². The minimum Gasteiger partial charge on any atom is -0.340 e. The highest BCUT2D eigenvalue weighted by atomic mass is 35.5. The van der Waals surface area contributed by atoms with E-state index in [0.717, 1.165) is 13.0 Å². The Labute approximate surface area is 111 Å². The monoisotopic (exact) mass is 259 g/mol. The summed E-state index contributed by atoms with van der Waals surface area (Å²) >= 11 is 5.72. The number of alkyl halides is 1. The van der Waals surface area contributed by atoms with Gasteiger partial charge in [0, 0.05) is 24.4 Å². The van der Waals surface area contributed by atoms with Crippen LogP contribution in [-0.2, 0) is 4.79 Å². The van der Waals surface area contributed by atoms with Gasteiger partial charge in [0.1, 0.15) is 0 Å². The molecule has 1 amide bonds. The van der Waals surface area contributed by atoms with Crippen LogP contribution in [0.3, 0.4) is 0 Å². The second-order valence-corrected chi connectivity index (χ2v) is 6.92. The third-order valence-electron chi connectivity index (χ3n) is 4.71. The smallest absolute Gasteiger partial charge is 0.227 e. The van der Waals surface area contributed by atoms with Crippen molar-refractivity contribution in [1.82, 2.24) is 4.90 Å². The highest BCUT2D eigenvalue weighted by Gasteiger charge is 2.68. The molecule has 0 bridgehead atoms. The fraction of sp³-hybridized carbons (Fsp3) is 0.929. The van der Waals surface area contributed by atoms with Crippen molar-refractivity contribution in [3.05, 3.63) is 0 Å². The summed E-state index contributed by atoms with van der Waals surface area (Å²) in [4.78, 5) is 14.6. The van der Waals surface area contributed by atoms with Gasteiger partial charge in [-0.15, -0.1) is 11.6 Å². The van der Waals surface area contributed by atoms with E-state index >= 15 is 0 Å². The van der Waals surface area contributed by atoms with Crippen molar-refractivity contribution >= 4 is 17.5 Å². The summed E-state index contributed by atoms with van der Waals surface area (Å²) < 4.78 is 0. The second-order valence-electron chi connectivity index (χ2n) is 6.54. The van der Waals surface area contributed by atoms with Crippen LogP contribution in [0.2, 0.25) is 0 Å². The predicted octanol–water partition coefficient (Wildman–Crippen LogP) is 3.53. The maximum Gasteiger partial charge on any atom is 0.227 e. The zero-order chi connectivity index (χ0) is 13.4. The summed E-state index contributed by atoms with van der Waals surface area (Å²) in [7, 11) is 0. The molecule has 0 radical (unpaired) electrons. The molecule has 1 aliphatic rings. The standard InChI is InChI=1S/C14H26ClNO/c1-10(2)16(9-7-8-15)12(17)11-13(3,4)14(11,5)6/h10-11H,7-9H2,1-6H3. The molecule has 100 valence electrons. The number of rotatable bonds is 5. The van der Waals surface area contributed by atoms with Crippen LogP contribution in [0.1, 0.15) is 48.0 Å². The fourth-order valence-electron chi connectivity index (χ4n) is 2.83. The topological polar surface area (TPSA) is 20.3 Å². The molecular formula is C14H26ClNO. The largest absolute Gasteiger partial charge is 0.340 e. The van der Waals surface area contributed by atoms with Crippen molar-refractivity contribution in [2.45, 2.75) is 54.0 Å². The second kappa shape index (κ2) is 4.79. The van der Waals surface area contributed by atoms with Crippen molar-refractivity contribution < 1.29 is 4.79 Å². The fourth-order valence-corrected chi connectivity index (χ4v) is 2.95. The van der Waals surface area contributed by atoms with Gasteiger partial charge in [-0.25, -0.2) is 0 Å². The van der Waals surface area contributed by atoms with Crippen LogP contribution >= 0.6 is 11.6 Å². The first-order valence-electron chi connectivity index (χ1n) is 6.54. The van der Waals surface area contributed by atoms with Crippen LogP contribution in [-0.4, -0.2) is 29.3 Å². The molecule has 0 heterocycles. The first-order valence-corrected chi connectivity index (χ1v) is 7.07. The molecule has 0 aromatic rings. The molecule has 0 aliphatic heterocycles. The lowest BCUT2D eigenvalue weighted by Crippen LogP contribution is -2.40. The molecule has 0 aromatic heterocycles. The van der Waals surface area contributed by atoms with Crippen molar-refractivity contribution in [2.75, 3.05) is 12.4 Å². The van der Waals surface area contributed by atoms with E-state index < -0.39 is 0 Å². The van der Waals surface area contributed by atoms with Gasteiger partial charge in [0.25, 0.3) is 0 Å². The Morgan fingerprint density at radius 1 is 1.24 bits per heavy atom. The maximum absolute atomic E-state index is 12.6. The highest BCUT2D eigenvalue weighted by Crippen LogP contribution is 2.68. The van der Waals surface area contributed by atoms with Crippen molar-refractivity contribution in [3.63, 3.8) is 0 Å². The lowest BCUT2D eigenvalue weighted by molar-refractivity contribution is -0.135. The van der Waals surface area contributed by atoms with E-state index in [1.54, 1.807) is 0 Å². The molecule has 1 fully saturated rings. The molecule has 1 rings (SSSR count). The van der Waals surface area contributed by atoms with E-state index in [1.807, 2.05) is 4.90 Å². The number of halogens is 1. The van der Waals surface area contributed by atoms with E-state index in [4.69, 9.17) is 11.6 Å². The number of amides is 1. The van der Waals surface area contributed by atoms with Crippen molar-refractivity contribution in [1.29, 1.82) is 0 Å². The average molecular weight is 260 g/mol.